The molecule has 2 aliphatic rings. The number of fused-ring (bicyclic) bond motifs is 2. The van der Waals surface area contributed by atoms with Gasteiger partial charge in [-0.05, 0) is 55.4 Å². The Hall–Kier alpha value is -2.83. The Bertz CT molecular complexity index is 1240. The molecule has 2 fully saturated rings. The molecule has 0 bridgehead atoms. The van der Waals surface area contributed by atoms with Crippen molar-refractivity contribution in [1.82, 2.24) is 24.5 Å². The van der Waals surface area contributed by atoms with Crippen LogP contribution in [0.5, 0.6) is 0 Å². The molecule has 1 aliphatic carbocycles. The van der Waals surface area contributed by atoms with E-state index in [1.165, 1.54) is 29.4 Å². The molecule has 1 saturated heterocycles. The summed E-state index contributed by atoms with van der Waals surface area (Å²) >= 11 is 0. The smallest absolute Gasteiger partial charge is 0.187 e. The van der Waals surface area contributed by atoms with E-state index in [9.17, 15) is 0 Å². The number of hydrogen-bond donors (Lipinski definition) is 1. The number of nitrogens with two attached hydrogens (primary N) is 1. The van der Waals surface area contributed by atoms with Gasteiger partial charge in [-0.2, -0.15) is 0 Å². The lowest BCUT2D eigenvalue weighted by atomic mass is 10.1. The van der Waals surface area contributed by atoms with Crippen molar-refractivity contribution in [3.05, 3.63) is 59.8 Å². The van der Waals surface area contributed by atoms with Crippen molar-refractivity contribution < 1.29 is 0 Å². The predicted octanol–water partition coefficient (Wildman–Crippen LogP) is 3.92. The van der Waals surface area contributed by atoms with E-state index in [1.54, 1.807) is 0 Å². The Morgan fingerprint density at radius 1 is 1.03 bits per heavy atom. The number of pyridine rings is 2. The minimum Gasteiger partial charge on any atom is -0.326 e. The highest BCUT2D eigenvalue weighted by atomic mass is 15.3. The van der Waals surface area contributed by atoms with Crippen LogP contribution in [0.1, 0.15) is 49.3 Å². The molecule has 6 nitrogen and oxygen atoms in total. The normalized spacial score (nSPS) is 20.9. The maximum absolute atomic E-state index is 6.12. The first-order valence-corrected chi connectivity index (χ1v) is 10.9. The maximum atomic E-state index is 6.12. The third kappa shape index (κ3) is 2.99. The van der Waals surface area contributed by atoms with Crippen molar-refractivity contribution in [2.24, 2.45) is 5.73 Å². The van der Waals surface area contributed by atoms with Crippen LogP contribution in [0.3, 0.4) is 0 Å². The predicted molar refractivity (Wildman–Crippen MR) is 118 cm³/mol. The van der Waals surface area contributed by atoms with Crippen LogP contribution >= 0.6 is 0 Å². The molecule has 0 unspecified atom stereocenters. The van der Waals surface area contributed by atoms with Crippen LogP contribution in [-0.2, 0) is 0 Å². The maximum Gasteiger partial charge on any atom is 0.187 e. The second kappa shape index (κ2) is 6.86. The van der Waals surface area contributed by atoms with Crippen LogP contribution in [0.2, 0.25) is 0 Å². The number of likely N-dealkylation sites (tertiary alicyclic amines) is 1. The number of nitrogens with zero attached hydrogens (tertiary/aromatic N) is 5. The molecule has 6 heteroatoms. The summed E-state index contributed by atoms with van der Waals surface area (Å²) in [5.41, 5.74) is 11.6. The zero-order valence-corrected chi connectivity index (χ0v) is 17.2. The summed E-state index contributed by atoms with van der Waals surface area (Å²) in [5, 5.41) is 10.1. The summed E-state index contributed by atoms with van der Waals surface area (Å²) in [6.45, 7) is 4.25. The third-order valence-corrected chi connectivity index (χ3v) is 6.71. The van der Waals surface area contributed by atoms with E-state index >= 15 is 0 Å². The summed E-state index contributed by atoms with van der Waals surface area (Å²) in [7, 11) is 0. The summed E-state index contributed by atoms with van der Waals surface area (Å²) in [6.07, 6.45) is 5.76. The molecule has 4 aromatic rings. The third-order valence-electron chi connectivity index (χ3n) is 6.71. The zero-order chi connectivity index (χ0) is 20.2. The average molecular weight is 399 g/mol. The van der Waals surface area contributed by atoms with E-state index in [2.05, 4.69) is 75.1 Å². The molecule has 0 spiro atoms. The Morgan fingerprint density at radius 3 is 2.73 bits per heavy atom. The number of rotatable bonds is 4. The second-order valence-electron chi connectivity index (χ2n) is 8.82. The van der Waals surface area contributed by atoms with Crippen LogP contribution in [0.25, 0.3) is 28.1 Å². The van der Waals surface area contributed by atoms with E-state index in [4.69, 9.17) is 10.7 Å². The van der Waals surface area contributed by atoms with Gasteiger partial charge < -0.3 is 5.73 Å². The molecule has 2 atom stereocenters. The summed E-state index contributed by atoms with van der Waals surface area (Å²) in [5.74, 6) is 1.45. The standard InChI is InChI=1S/C24H26N6/c1-15(29-12-11-19(25)14-29)18-8-10-22-27-28-24(30(22)13-18)21-9-7-17-3-2-4-20(16-5-6-16)23(17)26-21/h2-4,7-10,13,15-16,19H,5-6,11-12,14,25H2,1H3/t15-,19+/m0/s1. The van der Waals surface area contributed by atoms with Crippen LogP contribution < -0.4 is 5.73 Å². The lowest BCUT2D eigenvalue weighted by Crippen LogP contribution is -2.28. The lowest BCUT2D eigenvalue weighted by Gasteiger charge is -2.24. The van der Waals surface area contributed by atoms with Crippen molar-refractivity contribution >= 4 is 16.6 Å². The molecule has 3 aromatic heterocycles. The SMILES string of the molecule is C[C@@H](c1ccc2nnc(-c3ccc4cccc(C5CC5)c4n3)n2c1)N1CC[C@@H](N)C1. The fourth-order valence-corrected chi connectivity index (χ4v) is 4.73. The topological polar surface area (TPSA) is 72.3 Å². The van der Waals surface area contributed by atoms with Gasteiger partial charge in [-0.1, -0.05) is 30.3 Å². The van der Waals surface area contributed by atoms with Crippen molar-refractivity contribution in [2.75, 3.05) is 13.1 Å². The van der Waals surface area contributed by atoms with E-state index in [0.717, 1.165) is 42.2 Å². The number of hydrogen-bond acceptors (Lipinski definition) is 5. The minimum absolute atomic E-state index is 0.282. The largest absolute Gasteiger partial charge is 0.326 e. The van der Waals surface area contributed by atoms with Crippen molar-refractivity contribution in [3.63, 3.8) is 0 Å². The molecule has 1 aliphatic heterocycles. The van der Waals surface area contributed by atoms with Crippen molar-refractivity contribution in [1.29, 1.82) is 0 Å². The van der Waals surface area contributed by atoms with Crippen LogP contribution in [0, 0.1) is 0 Å². The molecule has 30 heavy (non-hydrogen) atoms. The van der Waals surface area contributed by atoms with Gasteiger partial charge in [0, 0.05) is 36.8 Å². The summed E-state index contributed by atoms with van der Waals surface area (Å²) in [4.78, 5) is 7.49. The Labute approximate surface area is 175 Å². The van der Waals surface area contributed by atoms with E-state index < -0.39 is 0 Å². The highest BCUT2D eigenvalue weighted by Crippen LogP contribution is 2.42. The molecule has 0 radical (unpaired) electrons. The first kappa shape index (κ1) is 18.0. The van der Waals surface area contributed by atoms with Gasteiger partial charge in [0.05, 0.1) is 5.52 Å². The highest BCUT2D eigenvalue weighted by Gasteiger charge is 2.27. The fraction of sp³-hybridized carbons (Fsp3) is 0.375. The number of para-hydroxylation sites is 1. The Morgan fingerprint density at radius 2 is 1.93 bits per heavy atom. The monoisotopic (exact) mass is 398 g/mol. The van der Waals surface area contributed by atoms with Gasteiger partial charge in [0.1, 0.15) is 5.69 Å². The van der Waals surface area contributed by atoms with E-state index in [-0.39, 0.29) is 6.04 Å². The molecule has 4 heterocycles. The number of benzene rings is 1. The molecular weight excluding hydrogens is 372 g/mol. The van der Waals surface area contributed by atoms with Crippen LogP contribution in [0.15, 0.2) is 48.7 Å². The first-order chi connectivity index (χ1) is 14.7. The Kier molecular flexibility index (Phi) is 4.11. The lowest BCUT2D eigenvalue weighted by molar-refractivity contribution is 0.259. The van der Waals surface area contributed by atoms with Gasteiger partial charge in [-0.15, -0.1) is 10.2 Å². The molecule has 1 aromatic carbocycles. The quantitative estimate of drug-likeness (QED) is 0.564. The summed E-state index contributed by atoms with van der Waals surface area (Å²) in [6, 6.07) is 15.5. The molecular formula is C24H26N6. The van der Waals surface area contributed by atoms with E-state index in [1.807, 2.05) is 0 Å². The van der Waals surface area contributed by atoms with Gasteiger partial charge in [0.2, 0.25) is 0 Å². The highest BCUT2D eigenvalue weighted by molar-refractivity contribution is 5.84. The van der Waals surface area contributed by atoms with Crippen LogP contribution in [-0.4, -0.2) is 43.6 Å². The Balaban J connectivity index is 1.43. The average Bonchev–Trinajstić information content (AvgIpc) is 3.39. The van der Waals surface area contributed by atoms with Gasteiger partial charge >= 0.3 is 0 Å². The van der Waals surface area contributed by atoms with Gasteiger partial charge in [-0.25, -0.2) is 4.98 Å². The van der Waals surface area contributed by atoms with Gasteiger partial charge in [0.25, 0.3) is 0 Å². The molecule has 152 valence electrons. The first-order valence-electron chi connectivity index (χ1n) is 10.9. The van der Waals surface area contributed by atoms with Crippen molar-refractivity contribution in [2.45, 2.75) is 44.2 Å². The minimum atomic E-state index is 0.282. The fourth-order valence-electron chi connectivity index (χ4n) is 4.73. The van der Waals surface area contributed by atoms with Gasteiger partial charge in [0.15, 0.2) is 11.5 Å². The molecule has 1 saturated carbocycles. The van der Waals surface area contributed by atoms with Crippen molar-refractivity contribution in [3.8, 4) is 11.5 Å². The number of aromatic nitrogens is 4. The van der Waals surface area contributed by atoms with E-state index in [0.29, 0.717) is 12.0 Å². The zero-order valence-electron chi connectivity index (χ0n) is 17.2. The van der Waals surface area contributed by atoms with Crippen LogP contribution in [0.4, 0.5) is 0 Å². The molecule has 2 N–H and O–H groups in total. The second-order valence-corrected chi connectivity index (χ2v) is 8.82. The van der Waals surface area contributed by atoms with Gasteiger partial charge in [-0.3, -0.25) is 9.30 Å². The summed E-state index contributed by atoms with van der Waals surface area (Å²) < 4.78 is 2.08. The molecule has 0 amide bonds. The molecule has 6 rings (SSSR count).